The molecule has 0 aliphatic rings. The van der Waals surface area contributed by atoms with Gasteiger partial charge in [0.15, 0.2) is 5.82 Å². The molecule has 94 valence electrons. The Morgan fingerprint density at radius 2 is 2.06 bits per heavy atom. The van der Waals surface area contributed by atoms with Gasteiger partial charge in [-0.3, -0.25) is 4.98 Å². The molecule has 0 amide bonds. The second kappa shape index (κ2) is 5.10. The highest BCUT2D eigenvalue weighted by Crippen LogP contribution is 2.33. The summed E-state index contributed by atoms with van der Waals surface area (Å²) in [5.74, 6) is -0.648. The molecule has 6 heteroatoms. The monoisotopic (exact) mass is 266 g/mol. The fourth-order valence-electron chi connectivity index (χ4n) is 1.53. The molecule has 0 bridgehead atoms. The molecule has 0 saturated heterocycles. The minimum Gasteiger partial charge on any atom is -0.397 e. The Hall–Kier alpha value is -2.01. The van der Waals surface area contributed by atoms with Crippen molar-refractivity contribution in [3.05, 3.63) is 47.0 Å². The summed E-state index contributed by atoms with van der Waals surface area (Å²) in [4.78, 5) is 4.11. The van der Waals surface area contributed by atoms with Crippen LogP contribution in [0.15, 0.2) is 30.5 Å². The van der Waals surface area contributed by atoms with Crippen LogP contribution in [0.4, 0.5) is 21.5 Å². The Labute approximate surface area is 109 Å². The van der Waals surface area contributed by atoms with Gasteiger partial charge in [-0.25, -0.2) is 4.39 Å². The van der Waals surface area contributed by atoms with Gasteiger partial charge in [0.05, 0.1) is 29.3 Å². The average molecular weight is 267 g/mol. The summed E-state index contributed by atoms with van der Waals surface area (Å²) in [6, 6.07) is 6.89. The number of hydrogen-bond acceptors (Lipinski definition) is 4. The number of halogens is 2. The molecule has 4 nitrogen and oxygen atoms in total. The summed E-state index contributed by atoms with van der Waals surface area (Å²) in [5.41, 5.74) is 12.4. The van der Waals surface area contributed by atoms with E-state index in [1.807, 2.05) is 12.1 Å². The second-order valence-corrected chi connectivity index (χ2v) is 4.11. The number of nitrogen functional groups attached to an aromatic ring is 2. The first-order valence-corrected chi connectivity index (χ1v) is 5.64. The number of hydrogen-bond donors (Lipinski definition) is 3. The standard InChI is InChI=1S/C12H12ClFN4/c13-10-8(15)5-9(16)12(11(10)14)18-6-7-3-1-2-4-17-7/h1-5,18H,6,15-16H2. The molecule has 1 aromatic carbocycles. The van der Waals surface area contributed by atoms with E-state index in [9.17, 15) is 4.39 Å². The SMILES string of the molecule is Nc1cc(N)c(NCc2ccccn2)c(F)c1Cl. The molecule has 0 radical (unpaired) electrons. The van der Waals surface area contributed by atoms with Gasteiger partial charge in [-0.1, -0.05) is 17.7 Å². The normalized spacial score (nSPS) is 10.3. The van der Waals surface area contributed by atoms with Crippen molar-refractivity contribution in [2.75, 3.05) is 16.8 Å². The van der Waals surface area contributed by atoms with Crippen molar-refractivity contribution < 1.29 is 4.39 Å². The molecular weight excluding hydrogens is 255 g/mol. The lowest BCUT2D eigenvalue weighted by molar-refractivity contribution is 0.631. The number of rotatable bonds is 3. The molecule has 1 aromatic heterocycles. The Morgan fingerprint density at radius 3 is 2.72 bits per heavy atom. The second-order valence-electron chi connectivity index (χ2n) is 3.73. The first-order chi connectivity index (χ1) is 8.59. The lowest BCUT2D eigenvalue weighted by atomic mass is 10.2. The lowest BCUT2D eigenvalue weighted by Crippen LogP contribution is -2.07. The van der Waals surface area contributed by atoms with Crippen LogP contribution in [0.25, 0.3) is 0 Å². The van der Waals surface area contributed by atoms with E-state index in [4.69, 9.17) is 23.1 Å². The van der Waals surface area contributed by atoms with Gasteiger partial charge in [0.2, 0.25) is 0 Å². The molecule has 0 fully saturated rings. The number of nitrogens with one attached hydrogen (secondary N) is 1. The molecule has 5 N–H and O–H groups in total. The van der Waals surface area contributed by atoms with Crippen molar-refractivity contribution in [2.45, 2.75) is 6.54 Å². The third-order valence-corrected chi connectivity index (χ3v) is 2.82. The summed E-state index contributed by atoms with van der Waals surface area (Å²) < 4.78 is 13.9. The van der Waals surface area contributed by atoms with Crippen molar-refractivity contribution in [3.8, 4) is 0 Å². The third kappa shape index (κ3) is 2.46. The third-order valence-electron chi connectivity index (χ3n) is 2.44. The average Bonchev–Trinajstić information content (AvgIpc) is 2.37. The molecule has 2 rings (SSSR count). The summed E-state index contributed by atoms with van der Waals surface area (Å²) in [6.07, 6.45) is 1.66. The van der Waals surface area contributed by atoms with Crippen LogP contribution in [-0.2, 0) is 6.54 Å². The van der Waals surface area contributed by atoms with Crippen LogP contribution >= 0.6 is 11.6 Å². The molecule has 1 heterocycles. The van der Waals surface area contributed by atoms with Gasteiger partial charge >= 0.3 is 0 Å². The van der Waals surface area contributed by atoms with Gasteiger partial charge in [0.25, 0.3) is 0 Å². The number of nitrogens with two attached hydrogens (primary N) is 2. The summed E-state index contributed by atoms with van der Waals surface area (Å²) >= 11 is 5.73. The first kappa shape index (κ1) is 12.4. The van der Waals surface area contributed by atoms with E-state index in [1.54, 1.807) is 12.3 Å². The van der Waals surface area contributed by atoms with Crippen molar-refractivity contribution in [3.63, 3.8) is 0 Å². The summed E-state index contributed by atoms with van der Waals surface area (Å²) in [5, 5.41) is 2.73. The fourth-order valence-corrected chi connectivity index (χ4v) is 1.68. The van der Waals surface area contributed by atoms with Crippen LogP contribution in [0.2, 0.25) is 5.02 Å². The fraction of sp³-hybridized carbons (Fsp3) is 0.0833. The van der Waals surface area contributed by atoms with Crippen molar-refractivity contribution in [2.24, 2.45) is 0 Å². The molecule has 0 unspecified atom stereocenters. The number of nitrogens with zero attached hydrogens (tertiary/aromatic N) is 1. The maximum absolute atomic E-state index is 13.9. The minimum absolute atomic E-state index is 0.120. The largest absolute Gasteiger partial charge is 0.397 e. The number of aromatic nitrogens is 1. The Kier molecular flexibility index (Phi) is 3.53. The number of pyridine rings is 1. The number of benzene rings is 1. The zero-order chi connectivity index (χ0) is 13.1. The van der Waals surface area contributed by atoms with E-state index < -0.39 is 5.82 Å². The van der Waals surface area contributed by atoms with E-state index in [1.165, 1.54) is 6.07 Å². The van der Waals surface area contributed by atoms with E-state index in [-0.39, 0.29) is 22.1 Å². The van der Waals surface area contributed by atoms with Crippen molar-refractivity contribution in [1.29, 1.82) is 0 Å². The molecule has 0 aliphatic carbocycles. The molecule has 0 atom stereocenters. The van der Waals surface area contributed by atoms with Crippen LogP contribution in [0, 0.1) is 5.82 Å². The predicted octanol–water partition coefficient (Wildman–Crippen LogP) is 2.65. The van der Waals surface area contributed by atoms with Crippen molar-refractivity contribution >= 4 is 28.7 Å². The minimum atomic E-state index is -0.648. The Bertz CT molecular complexity index is 560. The quantitative estimate of drug-likeness (QED) is 0.747. The zero-order valence-corrected chi connectivity index (χ0v) is 10.2. The lowest BCUT2D eigenvalue weighted by Gasteiger charge is -2.12. The first-order valence-electron chi connectivity index (χ1n) is 5.26. The Balaban J connectivity index is 2.22. The smallest absolute Gasteiger partial charge is 0.169 e. The highest BCUT2D eigenvalue weighted by molar-refractivity contribution is 6.33. The molecule has 2 aromatic rings. The van der Waals surface area contributed by atoms with Crippen LogP contribution in [0.5, 0.6) is 0 Å². The highest BCUT2D eigenvalue weighted by Gasteiger charge is 2.13. The molecule has 18 heavy (non-hydrogen) atoms. The van der Waals surface area contributed by atoms with E-state index in [2.05, 4.69) is 10.3 Å². The van der Waals surface area contributed by atoms with E-state index in [0.717, 1.165) is 5.69 Å². The molecule has 0 spiro atoms. The topological polar surface area (TPSA) is 77.0 Å². The van der Waals surface area contributed by atoms with Crippen LogP contribution < -0.4 is 16.8 Å². The Morgan fingerprint density at radius 1 is 1.28 bits per heavy atom. The summed E-state index contributed by atoms with van der Waals surface area (Å²) in [7, 11) is 0. The van der Waals surface area contributed by atoms with Gasteiger partial charge in [-0.2, -0.15) is 0 Å². The maximum atomic E-state index is 13.9. The molecule has 0 aliphatic heterocycles. The van der Waals surface area contributed by atoms with Gasteiger partial charge in [0, 0.05) is 6.20 Å². The molecular formula is C12H12ClFN4. The zero-order valence-electron chi connectivity index (χ0n) is 9.45. The molecule has 0 saturated carbocycles. The van der Waals surface area contributed by atoms with E-state index >= 15 is 0 Å². The van der Waals surface area contributed by atoms with Crippen LogP contribution in [-0.4, -0.2) is 4.98 Å². The highest BCUT2D eigenvalue weighted by atomic mass is 35.5. The van der Waals surface area contributed by atoms with Gasteiger partial charge in [-0.15, -0.1) is 0 Å². The summed E-state index contributed by atoms with van der Waals surface area (Å²) in [6.45, 7) is 0.349. The number of anilines is 3. The van der Waals surface area contributed by atoms with Gasteiger partial charge < -0.3 is 16.8 Å². The van der Waals surface area contributed by atoms with Gasteiger partial charge in [0.1, 0.15) is 5.02 Å². The van der Waals surface area contributed by atoms with Gasteiger partial charge in [-0.05, 0) is 18.2 Å². The van der Waals surface area contributed by atoms with Crippen LogP contribution in [0.1, 0.15) is 5.69 Å². The predicted molar refractivity (Wildman–Crippen MR) is 71.8 cm³/mol. The van der Waals surface area contributed by atoms with Crippen LogP contribution in [0.3, 0.4) is 0 Å². The maximum Gasteiger partial charge on any atom is 0.169 e. The van der Waals surface area contributed by atoms with E-state index in [0.29, 0.717) is 6.54 Å². The van der Waals surface area contributed by atoms with Crippen molar-refractivity contribution in [1.82, 2.24) is 4.98 Å².